The molecule has 0 aromatic carbocycles. The van der Waals surface area contributed by atoms with Crippen molar-refractivity contribution in [3.05, 3.63) is 42.2 Å². The van der Waals surface area contributed by atoms with Gasteiger partial charge in [0.2, 0.25) is 0 Å². The molecule has 2 rings (SSSR count). The van der Waals surface area contributed by atoms with Gasteiger partial charge in [-0.15, -0.1) is 0 Å². The van der Waals surface area contributed by atoms with Crippen LogP contribution in [0.4, 0.5) is 0 Å². The number of ether oxygens (including phenoxy) is 1. The van der Waals surface area contributed by atoms with Crippen molar-refractivity contribution in [2.24, 2.45) is 7.05 Å². The molecular weight excluding hydrogens is 246 g/mol. The summed E-state index contributed by atoms with van der Waals surface area (Å²) in [6.45, 7) is 0.353. The van der Waals surface area contributed by atoms with Crippen LogP contribution in [-0.2, 0) is 11.8 Å². The Morgan fingerprint density at radius 1 is 1.47 bits per heavy atom. The molecule has 2 heterocycles. The molecule has 1 amide bonds. The van der Waals surface area contributed by atoms with Gasteiger partial charge in [-0.3, -0.25) is 14.5 Å². The van der Waals surface area contributed by atoms with Crippen LogP contribution < -0.4 is 5.32 Å². The van der Waals surface area contributed by atoms with Gasteiger partial charge in [0.05, 0.1) is 24.5 Å². The minimum atomic E-state index is -0.295. The second-order valence-electron chi connectivity index (χ2n) is 3.95. The minimum absolute atomic E-state index is 0.269. The molecule has 1 atom stereocenters. The highest BCUT2D eigenvalue weighted by molar-refractivity contribution is 5.92. The van der Waals surface area contributed by atoms with Crippen molar-refractivity contribution in [2.45, 2.75) is 6.04 Å². The summed E-state index contributed by atoms with van der Waals surface area (Å²) in [5.41, 5.74) is 1.13. The molecule has 0 unspecified atom stereocenters. The van der Waals surface area contributed by atoms with Crippen molar-refractivity contribution in [2.75, 3.05) is 13.7 Å². The van der Waals surface area contributed by atoms with Crippen molar-refractivity contribution in [1.29, 1.82) is 0 Å². The second kappa shape index (κ2) is 6.05. The Labute approximate surface area is 110 Å². The number of rotatable bonds is 5. The SMILES string of the molecule is COC[C@H](NC(=O)c1cnccn1)c1ccnn1C. The van der Waals surface area contributed by atoms with Crippen molar-refractivity contribution >= 4 is 5.91 Å². The lowest BCUT2D eigenvalue weighted by Gasteiger charge is -2.17. The van der Waals surface area contributed by atoms with Crippen LogP contribution >= 0.6 is 0 Å². The first-order chi connectivity index (χ1) is 9.22. The Balaban J connectivity index is 2.14. The highest BCUT2D eigenvalue weighted by atomic mass is 16.5. The van der Waals surface area contributed by atoms with Crippen LogP contribution in [0.25, 0.3) is 0 Å². The van der Waals surface area contributed by atoms with E-state index in [4.69, 9.17) is 4.74 Å². The molecule has 19 heavy (non-hydrogen) atoms. The van der Waals surface area contributed by atoms with Gasteiger partial charge in [-0.05, 0) is 6.07 Å². The molecule has 0 spiro atoms. The predicted molar refractivity (Wildman–Crippen MR) is 67.3 cm³/mol. The molecule has 7 nitrogen and oxygen atoms in total. The number of aryl methyl sites for hydroxylation is 1. The van der Waals surface area contributed by atoms with Crippen LogP contribution in [0.15, 0.2) is 30.9 Å². The average Bonchev–Trinajstić information content (AvgIpc) is 2.85. The first-order valence-corrected chi connectivity index (χ1v) is 5.76. The minimum Gasteiger partial charge on any atom is -0.382 e. The summed E-state index contributed by atoms with van der Waals surface area (Å²) < 4.78 is 6.82. The molecule has 1 N–H and O–H groups in total. The maximum atomic E-state index is 12.0. The largest absolute Gasteiger partial charge is 0.382 e. The number of nitrogens with one attached hydrogen (secondary N) is 1. The lowest BCUT2D eigenvalue weighted by Crippen LogP contribution is -2.33. The summed E-state index contributed by atoms with van der Waals surface area (Å²) in [6, 6.07) is 1.55. The molecule has 0 aliphatic heterocycles. The normalized spacial score (nSPS) is 12.1. The Kier molecular flexibility index (Phi) is 4.19. The molecule has 0 aliphatic carbocycles. The second-order valence-corrected chi connectivity index (χ2v) is 3.95. The molecule has 0 bridgehead atoms. The van der Waals surface area contributed by atoms with E-state index < -0.39 is 0 Å². The van der Waals surface area contributed by atoms with E-state index in [9.17, 15) is 4.79 Å². The van der Waals surface area contributed by atoms with Crippen LogP contribution in [0.2, 0.25) is 0 Å². The zero-order chi connectivity index (χ0) is 13.7. The maximum absolute atomic E-state index is 12.0. The third-order valence-electron chi connectivity index (χ3n) is 2.65. The van der Waals surface area contributed by atoms with E-state index >= 15 is 0 Å². The number of carbonyl (C=O) groups excluding carboxylic acids is 1. The molecule has 0 radical (unpaired) electrons. The lowest BCUT2D eigenvalue weighted by atomic mass is 10.2. The zero-order valence-corrected chi connectivity index (χ0v) is 10.8. The monoisotopic (exact) mass is 261 g/mol. The summed E-state index contributed by atoms with van der Waals surface area (Å²) in [5, 5.41) is 6.93. The molecular formula is C12H15N5O2. The van der Waals surface area contributed by atoms with E-state index in [1.807, 2.05) is 13.1 Å². The fraction of sp³-hybridized carbons (Fsp3) is 0.333. The zero-order valence-electron chi connectivity index (χ0n) is 10.8. The number of aromatic nitrogens is 4. The van der Waals surface area contributed by atoms with Crippen LogP contribution in [0, 0.1) is 0 Å². The van der Waals surface area contributed by atoms with Crippen molar-refractivity contribution < 1.29 is 9.53 Å². The van der Waals surface area contributed by atoms with Gasteiger partial charge < -0.3 is 10.1 Å². The van der Waals surface area contributed by atoms with E-state index in [-0.39, 0.29) is 17.6 Å². The van der Waals surface area contributed by atoms with E-state index in [0.717, 1.165) is 5.69 Å². The molecule has 100 valence electrons. The third kappa shape index (κ3) is 3.14. The predicted octanol–water partition coefficient (Wildman–Crippen LogP) is 0.328. The van der Waals surface area contributed by atoms with Gasteiger partial charge in [0.1, 0.15) is 5.69 Å². The van der Waals surface area contributed by atoms with E-state index in [1.54, 1.807) is 18.0 Å². The van der Waals surface area contributed by atoms with E-state index in [2.05, 4.69) is 20.4 Å². The first-order valence-electron chi connectivity index (χ1n) is 5.76. The lowest BCUT2D eigenvalue weighted by molar-refractivity contribution is 0.0887. The number of nitrogens with zero attached hydrogens (tertiary/aromatic N) is 4. The van der Waals surface area contributed by atoms with Crippen molar-refractivity contribution in [1.82, 2.24) is 25.1 Å². The van der Waals surface area contributed by atoms with Gasteiger partial charge in [0, 0.05) is 32.7 Å². The summed E-state index contributed by atoms with van der Waals surface area (Å²) >= 11 is 0. The van der Waals surface area contributed by atoms with Crippen molar-refractivity contribution in [3.63, 3.8) is 0 Å². The van der Waals surface area contributed by atoms with Crippen LogP contribution in [0.3, 0.4) is 0 Å². The summed E-state index contributed by atoms with van der Waals surface area (Å²) in [4.78, 5) is 19.9. The van der Waals surface area contributed by atoms with Gasteiger partial charge in [0.15, 0.2) is 0 Å². The quantitative estimate of drug-likeness (QED) is 0.838. The van der Waals surface area contributed by atoms with Gasteiger partial charge in [-0.2, -0.15) is 5.10 Å². The highest BCUT2D eigenvalue weighted by Gasteiger charge is 2.19. The van der Waals surface area contributed by atoms with Gasteiger partial charge >= 0.3 is 0 Å². The van der Waals surface area contributed by atoms with Crippen LogP contribution in [0.1, 0.15) is 22.2 Å². The maximum Gasteiger partial charge on any atom is 0.272 e. The van der Waals surface area contributed by atoms with E-state index in [0.29, 0.717) is 6.61 Å². The van der Waals surface area contributed by atoms with Crippen LogP contribution in [0.5, 0.6) is 0 Å². The fourth-order valence-electron chi connectivity index (χ4n) is 1.74. The third-order valence-corrected chi connectivity index (χ3v) is 2.65. The number of methoxy groups -OCH3 is 1. The molecule has 0 saturated heterocycles. The van der Waals surface area contributed by atoms with Crippen LogP contribution in [-0.4, -0.2) is 39.4 Å². The molecule has 0 fully saturated rings. The smallest absolute Gasteiger partial charge is 0.272 e. The Bertz CT molecular complexity index is 540. The average molecular weight is 261 g/mol. The topological polar surface area (TPSA) is 81.9 Å². The fourth-order valence-corrected chi connectivity index (χ4v) is 1.74. The number of amides is 1. The summed E-state index contributed by atoms with van der Waals surface area (Å²) in [5.74, 6) is -0.295. The number of carbonyl (C=O) groups is 1. The molecule has 7 heteroatoms. The summed E-state index contributed by atoms with van der Waals surface area (Å²) in [7, 11) is 3.39. The highest BCUT2D eigenvalue weighted by Crippen LogP contribution is 2.12. The number of hydrogen-bond donors (Lipinski definition) is 1. The van der Waals surface area contributed by atoms with Gasteiger partial charge in [0.25, 0.3) is 5.91 Å². The molecule has 2 aromatic heterocycles. The van der Waals surface area contributed by atoms with Gasteiger partial charge in [-0.25, -0.2) is 4.98 Å². The Morgan fingerprint density at radius 3 is 2.89 bits per heavy atom. The Morgan fingerprint density at radius 2 is 2.32 bits per heavy atom. The standard InChI is InChI=1S/C12H15N5O2/c1-17-11(3-4-15-17)10(8-19-2)16-12(18)9-7-13-5-6-14-9/h3-7,10H,8H2,1-2H3,(H,16,18)/t10-/m0/s1. The molecule has 0 aliphatic rings. The Hall–Kier alpha value is -2.28. The summed E-state index contributed by atoms with van der Waals surface area (Å²) in [6.07, 6.45) is 6.09. The van der Waals surface area contributed by atoms with Gasteiger partial charge in [-0.1, -0.05) is 0 Å². The van der Waals surface area contributed by atoms with Crippen molar-refractivity contribution in [3.8, 4) is 0 Å². The first kappa shape index (κ1) is 13.2. The molecule has 2 aromatic rings. The number of hydrogen-bond acceptors (Lipinski definition) is 5. The molecule has 0 saturated carbocycles. The van der Waals surface area contributed by atoms with E-state index in [1.165, 1.54) is 18.6 Å².